The first-order valence-corrected chi connectivity index (χ1v) is 9.50. The highest BCUT2D eigenvalue weighted by Crippen LogP contribution is 2.39. The van der Waals surface area contributed by atoms with Crippen LogP contribution in [0.5, 0.6) is 0 Å². The molecule has 27 heavy (non-hydrogen) atoms. The molecule has 2 atom stereocenters. The molecular formula is C20H24F2N4O. The first-order chi connectivity index (χ1) is 12.9. The van der Waals surface area contributed by atoms with Crippen molar-refractivity contribution in [1.82, 2.24) is 15.1 Å². The molecule has 2 aromatic rings. The van der Waals surface area contributed by atoms with Crippen molar-refractivity contribution in [3.8, 4) is 0 Å². The molecule has 1 aromatic heterocycles. The van der Waals surface area contributed by atoms with Gasteiger partial charge in [0, 0.05) is 24.8 Å². The van der Waals surface area contributed by atoms with Crippen LogP contribution >= 0.6 is 0 Å². The maximum atomic E-state index is 14.0. The van der Waals surface area contributed by atoms with Crippen LogP contribution < -0.4 is 10.2 Å². The monoisotopic (exact) mass is 374 g/mol. The van der Waals surface area contributed by atoms with Crippen molar-refractivity contribution < 1.29 is 13.6 Å². The van der Waals surface area contributed by atoms with Gasteiger partial charge in [-0.2, -0.15) is 5.10 Å². The molecule has 2 unspecified atom stereocenters. The third-order valence-electron chi connectivity index (χ3n) is 5.62. The summed E-state index contributed by atoms with van der Waals surface area (Å²) in [6.07, 6.45) is 3.07. The smallest absolute Gasteiger partial charge is 0.272 e. The summed E-state index contributed by atoms with van der Waals surface area (Å²) in [5, 5.41) is 7.45. The van der Waals surface area contributed by atoms with Gasteiger partial charge in [0.2, 0.25) is 0 Å². The standard InChI is InChI=1S/C20H24F2N4O/c1-12-10-18(24-26(12)13(2)14-6-7-14)20(27)23-15-8-9-25(11-15)19-16(21)4-3-5-17(19)22/h3-5,10,13-15H,6-9,11H2,1-2H3,(H,23,27). The summed E-state index contributed by atoms with van der Waals surface area (Å²) in [6, 6.07) is 5.80. The van der Waals surface area contributed by atoms with Crippen molar-refractivity contribution in [2.75, 3.05) is 18.0 Å². The number of amides is 1. The predicted molar refractivity (Wildman–Crippen MR) is 98.8 cm³/mol. The van der Waals surface area contributed by atoms with E-state index in [1.165, 1.54) is 31.0 Å². The van der Waals surface area contributed by atoms with Crippen LogP contribution in [0, 0.1) is 24.5 Å². The number of carbonyl (C=O) groups is 1. The molecule has 0 radical (unpaired) electrons. The van der Waals surface area contributed by atoms with E-state index in [0.29, 0.717) is 37.2 Å². The average molecular weight is 374 g/mol. The lowest BCUT2D eigenvalue weighted by Crippen LogP contribution is -2.37. The maximum Gasteiger partial charge on any atom is 0.272 e. The van der Waals surface area contributed by atoms with Crippen LogP contribution in [-0.4, -0.2) is 34.8 Å². The molecule has 2 aliphatic rings. The third-order valence-corrected chi connectivity index (χ3v) is 5.62. The lowest BCUT2D eigenvalue weighted by Gasteiger charge is -2.20. The van der Waals surface area contributed by atoms with Crippen LogP contribution in [0.3, 0.4) is 0 Å². The van der Waals surface area contributed by atoms with Crippen LogP contribution in [-0.2, 0) is 0 Å². The second kappa shape index (κ2) is 6.94. The Bertz CT molecular complexity index is 841. The number of benzene rings is 1. The molecule has 5 nitrogen and oxygen atoms in total. The van der Waals surface area contributed by atoms with Crippen LogP contribution in [0.1, 0.15) is 48.4 Å². The lowest BCUT2D eigenvalue weighted by molar-refractivity contribution is 0.0934. The molecule has 1 N–H and O–H groups in total. The number of hydrogen-bond acceptors (Lipinski definition) is 3. The Hall–Kier alpha value is -2.44. The highest BCUT2D eigenvalue weighted by molar-refractivity contribution is 5.92. The molecule has 2 fully saturated rings. The fourth-order valence-electron chi connectivity index (χ4n) is 3.92. The normalized spacial score (nSPS) is 20.7. The number of hydrogen-bond donors (Lipinski definition) is 1. The Kier molecular flexibility index (Phi) is 4.61. The summed E-state index contributed by atoms with van der Waals surface area (Å²) in [6.45, 7) is 4.97. The lowest BCUT2D eigenvalue weighted by atomic mass is 10.2. The first-order valence-electron chi connectivity index (χ1n) is 9.50. The van der Waals surface area contributed by atoms with E-state index in [1.807, 2.05) is 11.6 Å². The highest BCUT2D eigenvalue weighted by atomic mass is 19.1. The summed E-state index contributed by atoms with van der Waals surface area (Å²) in [4.78, 5) is 14.2. The number of aromatic nitrogens is 2. The van der Waals surface area contributed by atoms with Crippen molar-refractivity contribution in [2.45, 2.75) is 45.2 Å². The van der Waals surface area contributed by atoms with Crippen LogP contribution in [0.15, 0.2) is 24.3 Å². The summed E-state index contributed by atoms with van der Waals surface area (Å²) in [7, 11) is 0. The molecule has 1 saturated heterocycles. The number of rotatable bonds is 5. The van der Waals surface area contributed by atoms with E-state index in [4.69, 9.17) is 0 Å². The average Bonchev–Trinajstić information content (AvgIpc) is 3.26. The minimum Gasteiger partial charge on any atom is -0.365 e. The summed E-state index contributed by atoms with van der Waals surface area (Å²) in [5.41, 5.74) is 1.35. The van der Waals surface area contributed by atoms with Crippen molar-refractivity contribution in [3.63, 3.8) is 0 Å². The van der Waals surface area contributed by atoms with E-state index in [1.54, 1.807) is 11.0 Å². The largest absolute Gasteiger partial charge is 0.365 e. The van der Waals surface area contributed by atoms with Gasteiger partial charge in [-0.05, 0) is 57.2 Å². The van der Waals surface area contributed by atoms with E-state index in [-0.39, 0.29) is 17.6 Å². The second-order valence-corrected chi connectivity index (χ2v) is 7.67. The number of para-hydroxylation sites is 1. The van der Waals surface area contributed by atoms with E-state index < -0.39 is 11.6 Å². The second-order valence-electron chi connectivity index (χ2n) is 7.67. The molecule has 4 rings (SSSR count). The Balaban J connectivity index is 1.41. The third kappa shape index (κ3) is 3.55. The Morgan fingerprint density at radius 2 is 1.96 bits per heavy atom. The first kappa shape index (κ1) is 17.9. The van der Waals surface area contributed by atoms with Crippen molar-refractivity contribution >= 4 is 11.6 Å². The number of aryl methyl sites for hydroxylation is 1. The van der Waals surface area contributed by atoms with E-state index >= 15 is 0 Å². The fourth-order valence-corrected chi connectivity index (χ4v) is 3.92. The number of anilines is 1. The Morgan fingerprint density at radius 3 is 2.63 bits per heavy atom. The van der Waals surface area contributed by atoms with Gasteiger partial charge in [-0.1, -0.05) is 6.07 Å². The van der Waals surface area contributed by atoms with E-state index in [9.17, 15) is 13.6 Å². The Labute approximate surface area is 157 Å². The highest BCUT2D eigenvalue weighted by Gasteiger charge is 2.32. The zero-order valence-electron chi connectivity index (χ0n) is 15.6. The van der Waals surface area contributed by atoms with Gasteiger partial charge in [-0.25, -0.2) is 8.78 Å². The van der Waals surface area contributed by atoms with Gasteiger partial charge < -0.3 is 10.2 Å². The maximum absolute atomic E-state index is 14.0. The van der Waals surface area contributed by atoms with Gasteiger partial charge in [-0.3, -0.25) is 9.48 Å². The molecule has 1 saturated carbocycles. The molecule has 1 aliphatic heterocycles. The number of nitrogens with one attached hydrogen (secondary N) is 1. The molecule has 1 aliphatic carbocycles. The van der Waals surface area contributed by atoms with Gasteiger partial charge >= 0.3 is 0 Å². The zero-order chi connectivity index (χ0) is 19.1. The molecule has 0 bridgehead atoms. The molecule has 7 heteroatoms. The van der Waals surface area contributed by atoms with Crippen molar-refractivity contribution in [3.05, 3.63) is 47.3 Å². The SMILES string of the molecule is Cc1cc(C(=O)NC2CCN(c3c(F)cccc3F)C2)nn1C(C)C1CC1. The van der Waals surface area contributed by atoms with E-state index in [2.05, 4.69) is 17.3 Å². The minimum atomic E-state index is -0.578. The topological polar surface area (TPSA) is 50.2 Å². The zero-order valence-corrected chi connectivity index (χ0v) is 15.6. The van der Waals surface area contributed by atoms with E-state index in [0.717, 1.165) is 5.69 Å². The molecular weight excluding hydrogens is 350 g/mol. The quantitative estimate of drug-likeness (QED) is 0.872. The van der Waals surface area contributed by atoms with Gasteiger partial charge in [0.05, 0.1) is 6.04 Å². The molecule has 144 valence electrons. The van der Waals surface area contributed by atoms with Crippen molar-refractivity contribution in [2.24, 2.45) is 5.92 Å². The van der Waals surface area contributed by atoms with Gasteiger partial charge in [0.1, 0.15) is 23.0 Å². The molecule has 1 amide bonds. The van der Waals surface area contributed by atoms with Gasteiger partial charge in [0.15, 0.2) is 0 Å². The Morgan fingerprint density at radius 1 is 1.26 bits per heavy atom. The predicted octanol–water partition coefficient (Wildman–Crippen LogP) is 3.45. The van der Waals surface area contributed by atoms with Gasteiger partial charge in [-0.15, -0.1) is 0 Å². The molecule has 0 spiro atoms. The van der Waals surface area contributed by atoms with Crippen LogP contribution in [0.25, 0.3) is 0 Å². The fraction of sp³-hybridized carbons (Fsp3) is 0.500. The molecule has 2 heterocycles. The molecule has 1 aromatic carbocycles. The van der Waals surface area contributed by atoms with Gasteiger partial charge in [0.25, 0.3) is 5.91 Å². The minimum absolute atomic E-state index is 0.0207. The summed E-state index contributed by atoms with van der Waals surface area (Å²) >= 11 is 0. The van der Waals surface area contributed by atoms with Crippen LogP contribution in [0.2, 0.25) is 0 Å². The number of halogens is 2. The van der Waals surface area contributed by atoms with Crippen LogP contribution in [0.4, 0.5) is 14.5 Å². The number of carbonyl (C=O) groups excluding carboxylic acids is 1. The van der Waals surface area contributed by atoms with Crippen molar-refractivity contribution in [1.29, 1.82) is 0 Å². The summed E-state index contributed by atoms with van der Waals surface area (Å²) in [5.74, 6) is -0.741. The number of nitrogens with zero attached hydrogens (tertiary/aromatic N) is 3. The summed E-state index contributed by atoms with van der Waals surface area (Å²) < 4.78 is 29.9.